The van der Waals surface area contributed by atoms with E-state index in [1.165, 1.54) is 30.4 Å². The molecule has 0 fully saturated rings. The van der Waals surface area contributed by atoms with Gasteiger partial charge in [-0.25, -0.2) is 0 Å². The van der Waals surface area contributed by atoms with Crippen molar-refractivity contribution >= 4 is 15.9 Å². The molecule has 17 heavy (non-hydrogen) atoms. The van der Waals surface area contributed by atoms with Crippen molar-refractivity contribution in [2.75, 3.05) is 6.61 Å². The topological polar surface area (TPSA) is 9.23 Å². The molecule has 0 N–H and O–H groups in total. The summed E-state index contributed by atoms with van der Waals surface area (Å²) in [6.07, 6.45) is 3.63. The van der Waals surface area contributed by atoms with E-state index in [2.05, 4.69) is 48.0 Å². The number of hydrogen-bond acceptors (Lipinski definition) is 1. The van der Waals surface area contributed by atoms with Crippen molar-refractivity contribution in [2.24, 2.45) is 5.41 Å². The van der Waals surface area contributed by atoms with Crippen LogP contribution in [0.1, 0.15) is 49.6 Å². The summed E-state index contributed by atoms with van der Waals surface area (Å²) in [7, 11) is 0. The Labute approximate surface area is 113 Å². The van der Waals surface area contributed by atoms with Crippen LogP contribution in [0.2, 0.25) is 0 Å². The second kappa shape index (κ2) is 5.01. The normalized spacial score (nSPS) is 22.7. The summed E-state index contributed by atoms with van der Waals surface area (Å²) in [5.74, 6) is 0.996. The van der Waals surface area contributed by atoms with Gasteiger partial charge in [0.25, 0.3) is 0 Å². The summed E-state index contributed by atoms with van der Waals surface area (Å²) < 4.78 is 5.59. The van der Waals surface area contributed by atoms with Gasteiger partial charge in [-0.3, -0.25) is 0 Å². The van der Waals surface area contributed by atoms with E-state index in [9.17, 15) is 0 Å². The van der Waals surface area contributed by atoms with Crippen LogP contribution in [0.3, 0.4) is 0 Å². The van der Waals surface area contributed by atoms with Crippen molar-refractivity contribution in [1.82, 2.24) is 0 Å². The highest BCUT2D eigenvalue weighted by atomic mass is 79.9. The molecule has 0 amide bonds. The van der Waals surface area contributed by atoms with Crippen LogP contribution in [0.4, 0.5) is 0 Å². The van der Waals surface area contributed by atoms with E-state index in [0.29, 0.717) is 10.2 Å². The second-order valence-corrected chi connectivity index (χ2v) is 6.73. The van der Waals surface area contributed by atoms with Crippen molar-refractivity contribution in [3.63, 3.8) is 0 Å². The molecule has 0 aromatic heterocycles. The molecule has 0 saturated heterocycles. The van der Waals surface area contributed by atoms with Crippen LogP contribution < -0.4 is 4.74 Å². The standard InChI is InChI=1S/C15H21BrO/c1-4-17-12-6-5-11-7-8-15(2,3)10-14(16)13(11)9-12/h5-6,9,14H,4,7-8,10H2,1-3H3. The van der Waals surface area contributed by atoms with Crippen LogP contribution in [0, 0.1) is 5.41 Å². The molecule has 0 heterocycles. The SMILES string of the molecule is CCOc1ccc2c(c1)C(Br)CC(C)(C)CC2. The van der Waals surface area contributed by atoms with Crippen LogP contribution in [0.15, 0.2) is 18.2 Å². The monoisotopic (exact) mass is 296 g/mol. The minimum absolute atomic E-state index is 0.416. The average Bonchev–Trinajstić information content (AvgIpc) is 2.37. The number of alkyl halides is 1. The number of fused-ring (bicyclic) bond motifs is 1. The number of benzene rings is 1. The Hall–Kier alpha value is -0.500. The van der Waals surface area contributed by atoms with E-state index in [1.54, 1.807) is 0 Å². The van der Waals surface area contributed by atoms with Crippen LogP contribution >= 0.6 is 15.9 Å². The summed E-state index contributed by atoms with van der Waals surface area (Å²) in [5, 5.41) is 0. The number of ether oxygens (including phenoxy) is 1. The highest BCUT2D eigenvalue weighted by Gasteiger charge is 2.28. The maximum Gasteiger partial charge on any atom is 0.119 e. The van der Waals surface area contributed by atoms with Gasteiger partial charge < -0.3 is 4.74 Å². The van der Waals surface area contributed by atoms with E-state index < -0.39 is 0 Å². The lowest BCUT2D eigenvalue weighted by Crippen LogP contribution is -2.11. The van der Waals surface area contributed by atoms with Gasteiger partial charge in [0.15, 0.2) is 0 Å². The van der Waals surface area contributed by atoms with Crippen molar-refractivity contribution in [3.05, 3.63) is 29.3 Å². The van der Waals surface area contributed by atoms with Crippen molar-refractivity contribution in [3.8, 4) is 5.75 Å². The maximum atomic E-state index is 5.59. The van der Waals surface area contributed by atoms with Gasteiger partial charge in [0, 0.05) is 4.83 Å². The van der Waals surface area contributed by atoms with Crippen LogP contribution in [-0.2, 0) is 6.42 Å². The molecule has 1 aromatic rings. The lowest BCUT2D eigenvalue weighted by molar-refractivity contribution is 0.316. The lowest BCUT2D eigenvalue weighted by Gasteiger charge is -2.23. The molecule has 0 radical (unpaired) electrons. The van der Waals surface area contributed by atoms with Gasteiger partial charge >= 0.3 is 0 Å². The number of aryl methyl sites for hydroxylation is 1. The van der Waals surface area contributed by atoms with E-state index in [4.69, 9.17) is 4.74 Å². The quantitative estimate of drug-likeness (QED) is 0.558. The molecule has 1 unspecified atom stereocenters. The molecule has 2 heteroatoms. The molecule has 1 atom stereocenters. The Morgan fingerprint density at radius 2 is 2.18 bits per heavy atom. The largest absolute Gasteiger partial charge is 0.494 e. The first-order valence-electron chi connectivity index (χ1n) is 6.41. The minimum atomic E-state index is 0.416. The summed E-state index contributed by atoms with van der Waals surface area (Å²) in [6, 6.07) is 6.54. The Bertz CT molecular complexity index is 398. The van der Waals surface area contributed by atoms with Gasteiger partial charge in [-0.2, -0.15) is 0 Å². The Morgan fingerprint density at radius 1 is 1.41 bits per heavy atom. The smallest absolute Gasteiger partial charge is 0.119 e. The molecular weight excluding hydrogens is 276 g/mol. The fourth-order valence-electron chi connectivity index (χ4n) is 2.52. The summed E-state index contributed by atoms with van der Waals surface area (Å²) >= 11 is 3.84. The zero-order valence-corrected chi connectivity index (χ0v) is 12.5. The maximum absolute atomic E-state index is 5.59. The minimum Gasteiger partial charge on any atom is -0.494 e. The predicted octanol–water partition coefficient (Wildman–Crippen LogP) is 4.88. The van der Waals surface area contributed by atoms with E-state index >= 15 is 0 Å². The number of hydrogen-bond donors (Lipinski definition) is 0. The number of rotatable bonds is 2. The van der Waals surface area contributed by atoms with Crippen LogP contribution in [0.5, 0.6) is 5.75 Å². The third kappa shape index (κ3) is 3.04. The average molecular weight is 297 g/mol. The van der Waals surface area contributed by atoms with Crippen LogP contribution in [-0.4, -0.2) is 6.61 Å². The first-order valence-corrected chi connectivity index (χ1v) is 7.33. The Morgan fingerprint density at radius 3 is 2.88 bits per heavy atom. The van der Waals surface area contributed by atoms with Crippen molar-refractivity contribution < 1.29 is 4.74 Å². The lowest BCUT2D eigenvalue weighted by atomic mass is 9.84. The highest BCUT2D eigenvalue weighted by Crippen LogP contribution is 2.44. The second-order valence-electron chi connectivity index (χ2n) is 5.63. The molecule has 0 bridgehead atoms. The molecule has 1 aromatic carbocycles. The van der Waals surface area contributed by atoms with E-state index in [-0.39, 0.29) is 0 Å². The predicted molar refractivity (Wildman–Crippen MR) is 76.0 cm³/mol. The van der Waals surface area contributed by atoms with Gasteiger partial charge in [0.2, 0.25) is 0 Å². The van der Waals surface area contributed by atoms with Crippen LogP contribution in [0.25, 0.3) is 0 Å². The number of halogens is 1. The zero-order chi connectivity index (χ0) is 12.5. The van der Waals surface area contributed by atoms with E-state index in [1.807, 2.05) is 6.92 Å². The first-order chi connectivity index (χ1) is 8.02. The molecule has 0 aliphatic heterocycles. The third-order valence-electron chi connectivity index (χ3n) is 3.57. The molecular formula is C15H21BrO. The fraction of sp³-hybridized carbons (Fsp3) is 0.600. The molecule has 1 aliphatic carbocycles. The molecule has 0 saturated carbocycles. The highest BCUT2D eigenvalue weighted by molar-refractivity contribution is 9.09. The summed E-state index contributed by atoms with van der Waals surface area (Å²) in [4.78, 5) is 0.454. The van der Waals surface area contributed by atoms with Crippen molar-refractivity contribution in [2.45, 2.75) is 44.9 Å². The summed E-state index contributed by atoms with van der Waals surface area (Å²) in [5.41, 5.74) is 3.31. The van der Waals surface area contributed by atoms with Gasteiger partial charge in [0.05, 0.1) is 6.61 Å². The Balaban J connectivity index is 2.32. The molecule has 94 valence electrons. The zero-order valence-electron chi connectivity index (χ0n) is 10.9. The van der Waals surface area contributed by atoms with Gasteiger partial charge in [0.1, 0.15) is 5.75 Å². The first kappa shape index (κ1) is 12.9. The van der Waals surface area contributed by atoms with Gasteiger partial charge in [-0.1, -0.05) is 35.8 Å². The molecule has 1 aliphatic rings. The third-order valence-corrected chi connectivity index (χ3v) is 4.39. The van der Waals surface area contributed by atoms with E-state index in [0.717, 1.165) is 12.4 Å². The Kier molecular flexibility index (Phi) is 3.82. The van der Waals surface area contributed by atoms with Crippen molar-refractivity contribution in [1.29, 1.82) is 0 Å². The molecule has 1 nitrogen and oxygen atoms in total. The molecule has 0 spiro atoms. The molecule has 2 rings (SSSR count). The summed E-state index contributed by atoms with van der Waals surface area (Å²) in [6.45, 7) is 7.48. The van der Waals surface area contributed by atoms with Gasteiger partial charge in [-0.15, -0.1) is 0 Å². The fourth-order valence-corrected chi connectivity index (χ4v) is 3.82. The van der Waals surface area contributed by atoms with Gasteiger partial charge in [-0.05, 0) is 54.9 Å².